The van der Waals surface area contributed by atoms with Gasteiger partial charge in [0.25, 0.3) is 0 Å². The van der Waals surface area contributed by atoms with Crippen molar-refractivity contribution in [3.05, 3.63) is 12.2 Å². The molecule has 2 heteroatoms. The van der Waals surface area contributed by atoms with Crippen molar-refractivity contribution in [3.63, 3.8) is 0 Å². The SMILES string of the molecule is CCCC(C=CCCC(=O)OCC)CCC. The summed E-state index contributed by atoms with van der Waals surface area (Å²) in [5.74, 6) is 0.604. The van der Waals surface area contributed by atoms with E-state index < -0.39 is 0 Å². The normalized spacial score (nSPS) is 11.2. The van der Waals surface area contributed by atoms with Gasteiger partial charge in [0, 0.05) is 6.42 Å². The van der Waals surface area contributed by atoms with Crippen LogP contribution in [0.5, 0.6) is 0 Å². The van der Waals surface area contributed by atoms with E-state index in [0.717, 1.165) is 6.42 Å². The number of esters is 1. The smallest absolute Gasteiger partial charge is 0.306 e. The fourth-order valence-corrected chi connectivity index (χ4v) is 1.80. The second kappa shape index (κ2) is 10.7. The maximum absolute atomic E-state index is 11.1. The fraction of sp³-hybridized carbons (Fsp3) is 0.786. The number of allylic oxidation sites excluding steroid dienone is 2. The predicted molar refractivity (Wildman–Crippen MR) is 68.3 cm³/mol. The lowest BCUT2D eigenvalue weighted by Crippen LogP contribution is -2.02. The second-order valence-electron chi connectivity index (χ2n) is 4.11. The van der Waals surface area contributed by atoms with Gasteiger partial charge in [-0.3, -0.25) is 4.79 Å². The van der Waals surface area contributed by atoms with Gasteiger partial charge in [0.2, 0.25) is 0 Å². The van der Waals surface area contributed by atoms with Gasteiger partial charge in [0.1, 0.15) is 0 Å². The Bertz CT molecular complexity index is 191. The Morgan fingerprint density at radius 1 is 1.19 bits per heavy atom. The Labute approximate surface area is 100 Å². The van der Waals surface area contributed by atoms with Gasteiger partial charge in [0.05, 0.1) is 6.61 Å². The monoisotopic (exact) mass is 226 g/mol. The number of hydrogen-bond acceptors (Lipinski definition) is 2. The molecule has 0 rings (SSSR count). The van der Waals surface area contributed by atoms with E-state index in [1.54, 1.807) is 0 Å². The van der Waals surface area contributed by atoms with Crippen molar-refractivity contribution in [1.29, 1.82) is 0 Å². The maximum atomic E-state index is 11.1. The summed E-state index contributed by atoms with van der Waals surface area (Å²) in [4.78, 5) is 11.1. The highest BCUT2D eigenvalue weighted by atomic mass is 16.5. The molecule has 0 aliphatic carbocycles. The molecule has 0 aromatic rings. The van der Waals surface area contributed by atoms with Crippen LogP contribution in [0.1, 0.15) is 59.3 Å². The molecule has 0 unspecified atom stereocenters. The lowest BCUT2D eigenvalue weighted by molar-refractivity contribution is -0.142. The lowest BCUT2D eigenvalue weighted by atomic mass is 9.97. The molecule has 0 atom stereocenters. The van der Waals surface area contributed by atoms with Crippen LogP contribution >= 0.6 is 0 Å². The van der Waals surface area contributed by atoms with E-state index in [-0.39, 0.29) is 5.97 Å². The highest BCUT2D eigenvalue weighted by Gasteiger charge is 2.02. The third-order valence-electron chi connectivity index (χ3n) is 2.55. The molecule has 0 fully saturated rings. The molecule has 0 N–H and O–H groups in total. The first-order valence-electron chi connectivity index (χ1n) is 6.56. The van der Waals surface area contributed by atoms with Crippen LogP contribution in [0.2, 0.25) is 0 Å². The van der Waals surface area contributed by atoms with Crippen molar-refractivity contribution in [2.24, 2.45) is 5.92 Å². The first-order valence-corrected chi connectivity index (χ1v) is 6.56. The summed E-state index contributed by atoms with van der Waals surface area (Å²) < 4.78 is 4.87. The highest BCUT2D eigenvalue weighted by Crippen LogP contribution is 2.15. The van der Waals surface area contributed by atoms with E-state index in [1.807, 2.05) is 6.92 Å². The molecule has 0 saturated carbocycles. The van der Waals surface area contributed by atoms with Crippen LogP contribution in [0.15, 0.2) is 12.2 Å². The van der Waals surface area contributed by atoms with Crippen molar-refractivity contribution in [2.75, 3.05) is 6.61 Å². The summed E-state index contributed by atoms with van der Waals surface area (Å²) in [5, 5.41) is 0. The Hall–Kier alpha value is -0.790. The van der Waals surface area contributed by atoms with E-state index >= 15 is 0 Å². The molecular weight excluding hydrogens is 200 g/mol. The second-order valence-corrected chi connectivity index (χ2v) is 4.11. The summed E-state index contributed by atoms with van der Waals surface area (Å²) >= 11 is 0. The molecular formula is C14H26O2. The van der Waals surface area contributed by atoms with E-state index in [0.29, 0.717) is 18.9 Å². The van der Waals surface area contributed by atoms with E-state index in [4.69, 9.17) is 4.74 Å². The van der Waals surface area contributed by atoms with Crippen molar-refractivity contribution in [2.45, 2.75) is 59.3 Å². The lowest BCUT2D eigenvalue weighted by Gasteiger charge is -2.09. The molecule has 2 nitrogen and oxygen atoms in total. The molecule has 0 aromatic carbocycles. The minimum atomic E-state index is -0.0883. The molecule has 0 aliphatic heterocycles. The summed E-state index contributed by atoms with van der Waals surface area (Å²) in [6.07, 6.45) is 10.7. The van der Waals surface area contributed by atoms with Crippen molar-refractivity contribution < 1.29 is 9.53 Å². The minimum Gasteiger partial charge on any atom is -0.466 e. The topological polar surface area (TPSA) is 26.3 Å². The van der Waals surface area contributed by atoms with Crippen LogP contribution in [0, 0.1) is 5.92 Å². The zero-order chi connectivity index (χ0) is 12.2. The van der Waals surface area contributed by atoms with Gasteiger partial charge in [-0.1, -0.05) is 38.8 Å². The standard InChI is InChI=1S/C14H26O2/c1-4-9-13(10-5-2)11-7-8-12-14(15)16-6-3/h7,11,13H,4-6,8-10,12H2,1-3H3. The maximum Gasteiger partial charge on any atom is 0.306 e. The molecule has 0 bridgehead atoms. The van der Waals surface area contributed by atoms with Crippen molar-refractivity contribution in [3.8, 4) is 0 Å². The summed E-state index contributed by atoms with van der Waals surface area (Å²) in [6.45, 7) is 6.76. The van der Waals surface area contributed by atoms with Crippen LogP contribution in [-0.2, 0) is 9.53 Å². The Kier molecular flexibility index (Phi) is 10.2. The number of ether oxygens (including phenoxy) is 1. The van der Waals surface area contributed by atoms with E-state index in [9.17, 15) is 4.79 Å². The van der Waals surface area contributed by atoms with Crippen molar-refractivity contribution >= 4 is 5.97 Å². The van der Waals surface area contributed by atoms with Crippen LogP contribution in [-0.4, -0.2) is 12.6 Å². The van der Waals surface area contributed by atoms with Gasteiger partial charge in [-0.25, -0.2) is 0 Å². The molecule has 0 spiro atoms. The van der Waals surface area contributed by atoms with Gasteiger partial charge in [-0.2, -0.15) is 0 Å². The quantitative estimate of drug-likeness (QED) is 0.437. The molecule has 0 saturated heterocycles. The van der Waals surface area contributed by atoms with Crippen LogP contribution in [0.4, 0.5) is 0 Å². The Balaban J connectivity index is 3.73. The molecule has 0 radical (unpaired) electrons. The van der Waals surface area contributed by atoms with Gasteiger partial charge in [-0.05, 0) is 32.1 Å². The van der Waals surface area contributed by atoms with Crippen LogP contribution < -0.4 is 0 Å². The number of hydrogen-bond donors (Lipinski definition) is 0. The van der Waals surface area contributed by atoms with Gasteiger partial charge in [-0.15, -0.1) is 0 Å². The first kappa shape index (κ1) is 15.2. The third-order valence-corrected chi connectivity index (χ3v) is 2.55. The number of rotatable bonds is 9. The Morgan fingerprint density at radius 2 is 1.81 bits per heavy atom. The predicted octanol–water partition coefficient (Wildman–Crippen LogP) is 4.10. The zero-order valence-corrected chi connectivity index (χ0v) is 11.0. The van der Waals surface area contributed by atoms with Crippen molar-refractivity contribution in [1.82, 2.24) is 0 Å². The molecule has 0 heterocycles. The third kappa shape index (κ3) is 8.51. The molecule has 0 aromatic heterocycles. The Morgan fingerprint density at radius 3 is 2.31 bits per heavy atom. The average Bonchev–Trinajstić information content (AvgIpc) is 2.25. The van der Waals surface area contributed by atoms with E-state index in [1.165, 1.54) is 25.7 Å². The van der Waals surface area contributed by atoms with Gasteiger partial charge < -0.3 is 4.74 Å². The minimum absolute atomic E-state index is 0.0883. The van der Waals surface area contributed by atoms with Crippen LogP contribution in [0.3, 0.4) is 0 Å². The zero-order valence-electron chi connectivity index (χ0n) is 11.0. The van der Waals surface area contributed by atoms with E-state index in [2.05, 4.69) is 26.0 Å². The van der Waals surface area contributed by atoms with Gasteiger partial charge >= 0.3 is 5.97 Å². The molecule has 0 amide bonds. The number of carbonyl (C=O) groups excluding carboxylic acids is 1. The summed E-state index contributed by atoms with van der Waals surface area (Å²) in [5.41, 5.74) is 0. The fourth-order valence-electron chi connectivity index (χ4n) is 1.80. The van der Waals surface area contributed by atoms with Gasteiger partial charge in [0.15, 0.2) is 0 Å². The summed E-state index contributed by atoms with van der Waals surface area (Å²) in [7, 11) is 0. The molecule has 94 valence electrons. The highest BCUT2D eigenvalue weighted by molar-refractivity contribution is 5.69. The molecule has 16 heavy (non-hydrogen) atoms. The first-order chi connectivity index (χ1) is 7.74. The molecule has 0 aliphatic rings. The van der Waals surface area contributed by atoms with Crippen LogP contribution in [0.25, 0.3) is 0 Å². The number of carbonyl (C=O) groups is 1. The summed E-state index contributed by atoms with van der Waals surface area (Å²) in [6, 6.07) is 0. The average molecular weight is 226 g/mol. The largest absolute Gasteiger partial charge is 0.466 e.